The maximum absolute atomic E-state index is 2.59. The molecule has 0 aromatic carbocycles. The zero-order chi connectivity index (χ0) is 8.13. The molecule has 1 aliphatic carbocycles. The van der Waals surface area contributed by atoms with Crippen molar-refractivity contribution in [2.45, 2.75) is 5.66 Å². The van der Waals surface area contributed by atoms with Gasteiger partial charge < -0.3 is 4.90 Å². The Balaban J connectivity index is 2.05. The summed E-state index contributed by atoms with van der Waals surface area (Å²) in [4.78, 5) is 2.59. The van der Waals surface area contributed by atoms with Gasteiger partial charge in [0.1, 0.15) is 0 Å². The van der Waals surface area contributed by atoms with Crippen molar-refractivity contribution in [1.29, 1.82) is 0 Å². The van der Waals surface area contributed by atoms with Gasteiger partial charge in [-0.1, -0.05) is 20.1 Å². The zero-order valence-corrected chi connectivity index (χ0v) is 8.30. The van der Waals surface area contributed by atoms with E-state index in [-0.39, 0.29) is 0 Å². The van der Waals surface area contributed by atoms with Crippen molar-refractivity contribution in [3.05, 3.63) is 23.9 Å². The van der Waals surface area contributed by atoms with Crippen LogP contribution in [0.3, 0.4) is 0 Å². The number of hydrogen-bond donors (Lipinski definition) is 0. The van der Waals surface area contributed by atoms with Crippen LogP contribution in [-0.4, -0.2) is 36.5 Å². The van der Waals surface area contributed by atoms with E-state index in [1.807, 2.05) is 0 Å². The fourth-order valence-corrected chi connectivity index (χ4v) is 5.11. The van der Waals surface area contributed by atoms with Gasteiger partial charge in [-0.05, 0) is 18.9 Å². The van der Waals surface area contributed by atoms with Gasteiger partial charge in [0.15, 0.2) is 0 Å². The van der Waals surface area contributed by atoms with E-state index in [0.29, 0.717) is 7.92 Å². The second-order valence-electron chi connectivity index (χ2n) is 4.01. The van der Waals surface area contributed by atoms with Crippen LogP contribution in [0.1, 0.15) is 0 Å². The maximum Gasteiger partial charge on any atom is 0.0269 e. The second-order valence-corrected chi connectivity index (χ2v) is 6.53. The molecule has 3 unspecified atom stereocenters. The van der Waals surface area contributed by atoms with Crippen LogP contribution in [-0.2, 0) is 0 Å². The number of rotatable bonds is 0. The van der Waals surface area contributed by atoms with Gasteiger partial charge in [0.25, 0.3) is 0 Å². The molecule has 0 saturated carbocycles. The number of nitrogens with zero attached hydrogens (tertiary/aromatic N) is 1. The molecule has 3 aliphatic rings. The van der Waals surface area contributed by atoms with Crippen molar-refractivity contribution in [2.24, 2.45) is 5.92 Å². The molecule has 3 rings (SSSR count). The zero-order valence-electron chi connectivity index (χ0n) is 7.40. The van der Waals surface area contributed by atoms with E-state index < -0.39 is 0 Å². The van der Waals surface area contributed by atoms with Gasteiger partial charge in [0.2, 0.25) is 0 Å². The molecule has 0 amide bonds. The molecule has 2 heteroatoms. The third kappa shape index (κ3) is 0.781. The number of allylic oxidation sites excluding steroid dienone is 3. The predicted octanol–water partition coefficient (Wildman–Crippen LogP) is 1.87. The van der Waals surface area contributed by atoms with Crippen molar-refractivity contribution < 1.29 is 0 Å². The summed E-state index contributed by atoms with van der Waals surface area (Å²) in [5, 5.41) is 0. The van der Waals surface area contributed by atoms with Crippen LogP contribution >= 0.6 is 7.92 Å². The van der Waals surface area contributed by atoms with Crippen molar-refractivity contribution in [3.63, 3.8) is 0 Å². The SMILES string of the molecule is CP1CCN2CC3C=CC=C2C31. The van der Waals surface area contributed by atoms with Crippen molar-refractivity contribution in [1.82, 2.24) is 4.90 Å². The van der Waals surface area contributed by atoms with Crippen LogP contribution in [0, 0.1) is 5.92 Å². The summed E-state index contributed by atoms with van der Waals surface area (Å²) in [6.07, 6.45) is 8.47. The van der Waals surface area contributed by atoms with Crippen molar-refractivity contribution in [2.75, 3.05) is 25.9 Å². The van der Waals surface area contributed by atoms with E-state index in [4.69, 9.17) is 0 Å². The van der Waals surface area contributed by atoms with Gasteiger partial charge in [-0.25, -0.2) is 0 Å². The summed E-state index contributed by atoms with van der Waals surface area (Å²) in [6.45, 7) is 5.10. The van der Waals surface area contributed by atoms with Crippen LogP contribution in [0.25, 0.3) is 0 Å². The minimum absolute atomic E-state index is 0.292. The molecule has 0 N–H and O–H groups in total. The maximum atomic E-state index is 2.59. The van der Waals surface area contributed by atoms with Gasteiger partial charge in [-0.2, -0.15) is 0 Å². The van der Waals surface area contributed by atoms with Crippen molar-refractivity contribution >= 4 is 7.92 Å². The third-order valence-electron chi connectivity index (χ3n) is 3.33. The fraction of sp³-hybridized carbons (Fsp3) is 0.600. The quantitative estimate of drug-likeness (QED) is 0.513. The molecule has 3 atom stereocenters. The Bertz CT molecular complexity index is 269. The van der Waals surface area contributed by atoms with Crippen molar-refractivity contribution in [3.8, 4) is 0 Å². The summed E-state index contributed by atoms with van der Waals surface area (Å²) < 4.78 is 0. The van der Waals surface area contributed by atoms with Crippen LogP contribution < -0.4 is 0 Å². The van der Waals surface area contributed by atoms with E-state index in [0.717, 1.165) is 11.6 Å². The lowest BCUT2D eigenvalue weighted by Crippen LogP contribution is -2.28. The summed E-state index contributed by atoms with van der Waals surface area (Å²) in [7, 11) is 0.292. The molecule has 4 bridgehead atoms. The standard InChI is InChI=1S/C10H14NP/c1-12-6-5-11-7-8-3-2-4-9(11)10(8)12/h2-4,8,10H,5-7H2,1H3. The van der Waals surface area contributed by atoms with Crippen LogP contribution in [0.5, 0.6) is 0 Å². The smallest absolute Gasteiger partial charge is 0.0269 e. The summed E-state index contributed by atoms with van der Waals surface area (Å²) in [5.74, 6) is 0.864. The van der Waals surface area contributed by atoms with Gasteiger partial charge in [0, 0.05) is 30.4 Å². The average molecular weight is 179 g/mol. The number of hydrogen-bond acceptors (Lipinski definition) is 1. The first-order valence-electron chi connectivity index (χ1n) is 4.70. The molecule has 2 fully saturated rings. The normalized spacial score (nSPS) is 43.2. The molecular weight excluding hydrogens is 165 g/mol. The molecule has 2 heterocycles. The highest BCUT2D eigenvalue weighted by Crippen LogP contribution is 2.54. The molecule has 2 aliphatic heterocycles. The topological polar surface area (TPSA) is 3.24 Å². The van der Waals surface area contributed by atoms with Crippen LogP contribution in [0.2, 0.25) is 0 Å². The molecule has 2 saturated heterocycles. The molecular formula is C10H14NP. The molecule has 0 spiro atoms. The van der Waals surface area contributed by atoms with Gasteiger partial charge in [0.05, 0.1) is 0 Å². The van der Waals surface area contributed by atoms with E-state index in [1.165, 1.54) is 19.3 Å². The first-order chi connectivity index (χ1) is 5.86. The van der Waals surface area contributed by atoms with E-state index >= 15 is 0 Å². The molecule has 1 nitrogen and oxygen atoms in total. The second kappa shape index (κ2) is 2.35. The Labute approximate surface area is 74.9 Å². The lowest BCUT2D eigenvalue weighted by atomic mass is 10.0. The lowest BCUT2D eigenvalue weighted by molar-refractivity contribution is 0.404. The Morgan fingerprint density at radius 1 is 1.58 bits per heavy atom. The Morgan fingerprint density at radius 3 is 3.33 bits per heavy atom. The highest BCUT2D eigenvalue weighted by Gasteiger charge is 2.42. The van der Waals surface area contributed by atoms with Crippen LogP contribution in [0.15, 0.2) is 23.9 Å². The van der Waals surface area contributed by atoms with E-state index in [1.54, 1.807) is 5.70 Å². The van der Waals surface area contributed by atoms with Gasteiger partial charge in [-0.15, -0.1) is 0 Å². The monoisotopic (exact) mass is 179 g/mol. The predicted molar refractivity (Wildman–Crippen MR) is 53.8 cm³/mol. The Morgan fingerprint density at radius 2 is 2.50 bits per heavy atom. The molecule has 0 aromatic rings. The third-order valence-corrected chi connectivity index (χ3v) is 5.83. The Kier molecular flexibility index (Phi) is 1.40. The Hall–Kier alpha value is -0.290. The summed E-state index contributed by atoms with van der Waals surface area (Å²) >= 11 is 0. The largest absolute Gasteiger partial charge is 0.373 e. The van der Waals surface area contributed by atoms with E-state index in [9.17, 15) is 0 Å². The minimum Gasteiger partial charge on any atom is -0.373 e. The average Bonchev–Trinajstić information content (AvgIpc) is 2.24. The first-order valence-corrected chi connectivity index (χ1v) is 6.74. The molecule has 0 aromatic heterocycles. The van der Waals surface area contributed by atoms with Crippen LogP contribution in [0.4, 0.5) is 0 Å². The molecule has 12 heavy (non-hydrogen) atoms. The molecule has 64 valence electrons. The highest BCUT2D eigenvalue weighted by molar-refractivity contribution is 7.58. The summed E-state index contributed by atoms with van der Waals surface area (Å²) in [5.41, 5.74) is 2.58. The lowest BCUT2D eigenvalue weighted by Gasteiger charge is -2.33. The highest BCUT2D eigenvalue weighted by atomic mass is 31.1. The van der Waals surface area contributed by atoms with E-state index in [2.05, 4.69) is 29.8 Å². The van der Waals surface area contributed by atoms with Gasteiger partial charge in [-0.3, -0.25) is 0 Å². The molecule has 0 radical (unpaired) electrons. The summed E-state index contributed by atoms with van der Waals surface area (Å²) in [6, 6.07) is 0. The minimum atomic E-state index is 0.292. The van der Waals surface area contributed by atoms with Gasteiger partial charge >= 0.3 is 0 Å². The fourth-order valence-electron chi connectivity index (χ4n) is 2.72. The first kappa shape index (κ1) is 7.15.